The van der Waals surface area contributed by atoms with Crippen LogP contribution in [0.2, 0.25) is 0 Å². The molecule has 0 aliphatic heterocycles. The van der Waals surface area contributed by atoms with Crippen LogP contribution in [-0.2, 0) is 14.4 Å². The Bertz CT molecular complexity index is 162. The van der Waals surface area contributed by atoms with Crippen molar-refractivity contribution in [1.29, 1.82) is 0 Å². The molecule has 0 unspecified atom stereocenters. The van der Waals surface area contributed by atoms with Crippen molar-refractivity contribution in [1.82, 2.24) is 5.48 Å². The maximum absolute atomic E-state index is 10.7. The largest absolute Gasteiger partial charge is 0.481 e. The SMILES string of the molecule is CCONC(=O)CSCC(=O)O. The van der Waals surface area contributed by atoms with Crippen molar-refractivity contribution in [2.24, 2.45) is 0 Å². The van der Waals surface area contributed by atoms with Crippen molar-refractivity contribution >= 4 is 23.6 Å². The smallest absolute Gasteiger partial charge is 0.313 e. The van der Waals surface area contributed by atoms with Gasteiger partial charge in [0.1, 0.15) is 0 Å². The highest BCUT2D eigenvalue weighted by Gasteiger charge is 2.02. The van der Waals surface area contributed by atoms with Crippen molar-refractivity contribution in [3.05, 3.63) is 0 Å². The molecule has 0 spiro atoms. The van der Waals surface area contributed by atoms with Gasteiger partial charge in [-0.15, -0.1) is 11.8 Å². The standard InChI is InChI=1S/C6H11NO4S/c1-2-11-7-5(8)3-12-4-6(9)10/h2-4H2,1H3,(H,7,8)(H,9,10). The van der Waals surface area contributed by atoms with E-state index in [2.05, 4.69) is 10.3 Å². The van der Waals surface area contributed by atoms with Crippen molar-refractivity contribution in [2.75, 3.05) is 18.1 Å². The highest BCUT2D eigenvalue weighted by Crippen LogP contribution is 1.97. The molecule has 0 bridgehead atoms. The minimum atomic E-state index is -0.927. The Hall–Kier alpha value is -0.750. The summed E-state index contributed by atoms with van der Waals surface area (Å²) in [6, 6.07) is 0. The fourth-order valence-corrected chi connectivity index (χ4v) is 0.934. The van der Waals surface area contributed by atoms with Gasteiger partial charge in [0.25, 0.3) is 5.91 Å². The van der Waals surface area contributed by atoms with E-state index in [0.717, 1.165) is 11.8 Å². The molecule has 0 aromatic carbocycles. The zero-order chi connectivity index (χ0) is 9.40. The average Bonchev–Trinajstić information content (AvgIpc) is 2.00. The zero-order valence-corrected chi connectivity index (χ0v) is 7.52. The number of rotatable bonds is 6. The number of nitrogens with one attached hydrogen (secondary N) is 1. The normalized spacial score (nSPS) is 9.42. The number of aliphatic carboxylic acids is 1. The molecule has 5 nitrogen and oxygen atoms in total. The van der Waals surface area contributed by atoms with Crippen LogP contribution in [0.5, 0.6) is 0 Å². The topological polar surface area (TPSA) is 75.6 Å². The number of hydroxylamine groups is 1. The number of carboxylic acids is 1. The zero-order valence-electron chi connectivity index (χ0n) is 6.70. The number of carboxylic acid groups (broad SMARTS) is 1. The van der Waals surface area contributed by atoms with Gasteiger partial charge in [-0.1, -0.05) is 0 Å². The number of hydrogen-bond acceptors (Lipinski definition) is 4. The van der Waals surface area contributed by atoms with Gasteiger partial charge in [-0.3, -0.25) is 14.4 Å². The van der Waals surface area contributed by atoms with E-state index < -0.39 is 5.97 Å². The van der Waals surface area contributed by atoms with Crippen molar-refractivity contribution in [3.63, 3.8) is 0 Å². The molecule has 2 N–H and O–H groups in total. The summed E-state index contributed by atoms with van der Waals surface area (Å²) in [6.07, 6.45) is 0. The summed E-state index contributed by atoms with van der Waals surface area (Å²) in [4.78, 5) is 25.3. The second-order valence-corrected chi connectivity index (χ2v) is 2.83. The lowest BCUT2D eigenvalue weighted by atomic mass is 10.7. The number of amides is 1. The fourth-order valence-electron chi connectivity index (χ4n) is 0.413. The minimum absolute atomic E-state index is 0.0699. The molecule has 0 aromatic rings. The summed E-state index contributed by atoms with van der Waals surface area (Å²) in [5.41, 5.74) is 2.15. The molecule has 0 aromatic heterocycles. The predicted octanol–water partition coefficient (Wildman–Crippen LogP) is -0.128. The molecule has 0 heterocycles. The Morgan fingerprint density at radius 3 is 2.67 bits per heavy atom. The summed E-state index contributed by atoms with van der Waals surface area (Å²) >= 11 is 1.03. The number of thioether (sulfide) groups is 1. The molecule has 0 rings (SSSR count). The first-order valence-corrected chi connectivity index (χ1v) is 4.52. The maximum atomic E-state index is 10.7. The number of hydrogen-bond donors (Lipinski definition) is 2. The first-order valence-electron chi connectivity index (χ1n) is 3.37. The molecule has 0 saturated carbocycles. The molecule has 0 radical (unpaired) electrons. The molecule has 0 aliphatic carbocycles. The monoisotopic (exact) mass is 193 g/mol. The lowest BCUT2D eigenvalue weighted by molar-refractivity contribution is -0.133. The fraction of sp³-hybridized carbons (Fsp3) is 0.667. The van der Waals surface area contributed by atoms with Gasteiger partial charge in [-0.25, -0.2) is 5.48 Å². The molecular weight excluding hydrogens is 182 g/mol. The molecule has 6 heteroatoms. The van der Waals surface area contributed by atoms with Crippen LogP contribution in [0.1, 0.15) is 6.92 Å². The minimum Gasteiger partial charge on any atom is -0.481 e. The molecule has 70 valence electrons. The van der Waals surface area contributed by atoms with E-state index in [1.165, 1.54) is 0 Å². The molecule has 1 amide bonds. The van der Waals surface area contributed by atoms with Crippen LogP contribution in [0.3, 0.4) is 0 Å². The van der Waals surface area contributed by atoms with Gasteiger partial charge < -0.3 is 5.11 Å². The highest BCUT2D eigenvalue weighted by molar-refractivity contribution is 8.00. The van der Waals surface area contributed by atoms with E-state index >= 15 is 0 Å². The van der Waals surface area contributed by atoms with Gasteiger partial charge in [0.15, 0.2) is 0 Å². The molecule has 0 aliphatic rings. The van der Waals surface area contributed by atoms with Crippen LogP contribution < -0.4 is 5.48 Å². The third-order valence-corrected chi connectivity index (χ3v) is 1.71. The Balaban J connectivity index is 3.25. The summed E-state index contributed by atoms with van der Waals surface area (Å²) in [7, 11) is 0. The second-order valence-electron chi connectivity index (χ2n) is 1.84. The number of carbonyl (C=O) groups is 2. The van der Waals surface area contributed by atoms with Crippen molar-refractivity contribution in [3.8, 4) is 0 Å². The quantitative estimate of drug-likeness (QED) is 0.575. The van der Waals surface area contributed by atoms with E-state index in [9.17, 15) is 9.59 Å². The summed E-state index contributed by atoms with van der Waals surface area (Å²) in [6.45, 7) is 2.14. The van der Waals surface area contributed by atoms with Crippen LogP contribution in [0.25, 0.3) is 0 Å². The van der Waals surface area contributed by atoms with Crippen LogP contribution in [0.4, 0.5) is 0 Å². The van der Waals surface area contributed by atoms with Gasteiger partial charge in [-0.2, -0.15) is 0 Å². The Kier molecular flexibility index (Phi) is 6.50. The van der Waals surface area contributed by atoms with Crippen LogP contribution in [0.15, 0.2) is 0 Å². The van der Waals surface area contributed by atoms with E-state index in [1.54, 1.807) is 6.92 Å². The van der Waals surface area contributed by atoms with Gasteiger partial charge in [0.2, 0.25) is 0 Å². The molecular formula is C6H11NO4S. The van der Waals surface area contributed by atoms with Crippen LogP contribution in [0, 0.1) is 0 Å². The van der Waals surface area contributed by atoms with E-state index in [0.29, 0.717) is 6.61 Å². The van der Waals surface area contributed by atoms with Gasteiger partial charge in [-0.05, 0) is 6.92 Å². The first kappa shape index (κ1) is 11.2. The van der Waals surface area contributed by atoms with Crippen LogP contribution >= 0.6 is 11.8 Å². The number of carbonyl (C=O) groups excluding carboxylic acids is 1. The van der Waals surface area contributed by atoms with Crippen molar-refractivity contribution in [2.45, 2.75) is 6.92 Å². The lowest BCUT2D eigenvalue weighted by Crippen LogP contribution is -2.25. The third-order valence-electron chi connectivity index (χ3n) is 0.789. The third kappa shape index (κ3) is 7.36. The van der Waals surface area contributed by atoms with E-state index in [-0.39, 0.29) is 17.4 Å². The molecule has 12 heavy (non-hydrogen) atoms. The van der Waals surface area contributed by atoms with Crippen LogP contribution in [-0.4, -0.2) is 35.1 Å². The highest BCUT2D eigenvalue weighted by atomic mass is 32.2. The Morgan fingerprint density at radius 2 is 2.17 bits per heavy atom. The van der Waals surface area contributed by atoms with E-state index in [1.807, 2.05) is 0 Å². The average molecular weight is 193 g/mol. The summed E-state index contributed by atoms with van der Waals surface area (Å²) in [5.74, 6) is -1.21. The Morgan fingerprint density at radius 1 is 1.50 bits per heavy atom. The van der Waals surface area contributed by atoms with E-state index in [4.69, 9.17) is 5.11 Å². The van der Waals surface area contributed by atoms with Crippen molar-refractivity contribution < 1.29 is 19.5 Å². The molecule has 0 fully saturated rings. The van der Waals surface area contributed by atoms with Gasteiger partial charge in [0.05, 0.1) is 18.1 Å². The van der Waals surface area contributed by atoms with Gasteiger partial charge in [0, 0.05) is 0 Å². The predicted molar refractivity (Wildman–Crippen MR) is 44.7 cm³/mol. The molecule has 0 saturated heterocycles. The summed E-state index contributed by atoms with van der Waals surface area (Å²) in [5, 5.41) is 8.22. The van der Waals surface area contributed by atoms with Gasteiger partial charge >= 0.3 is 5.97 Å². The Labute approximate surface area is 74.4 Å². The lowest BCUT2D eigenvalue weighted by Gasteiger charge is -2.01. The summed E-state index contributed by atoms with van der Waals surface area (Å²) < 4.78 is 0. The first-order chi connectivity index (χ1) is 5.66. The maximum Gasteiger partial charge on any atom is 0.313 e. The second kappa shape index (κ2) is 6.93. The molecule has 0 atom stereocenters.